The van der Waals surface area contributed by atoms with Gasteiger partial charge in [-0.3, -0.25) is 4.98 Å². The van der Waals surface area contributed by atoms with E-state index in [2.05, 4.69) is 92.0 Å². The lowest BCUT2D eigenvalue weighted by Gasteiger charge is -2.27. The van der Waals surface area contributed by atoms with Crippen LogP contribution in [0.5, 0.6) is 0 Å². The summed E-state index contributed by atoms with van der Waals surface area (Å²) in [7, 11) is -0.345. The van der Waals surface area contributed by atoms with Gasteiger partial charge >= 0.3 is 0 Å². The monoisotopic (exact) mass is 402 g/mol. The van der Waals surface area contributed by atoms with Crippen LogP contribution >= 0.6 is 7.92 Å². The van der Waals surface area contributed by atoms with Crippen LogP contribution in [-0.4, -0.2) is 17.7 Å². The van der Waals surface area contributed by atoms with Crippen molar-refractivity contribution in [3.63, 3.8) is 0 Å². The third kappa shape index (κ3) is 4.94. The van der Waals surface area contributed by atoms with Crippen molar-refractivity contribution in [3.05, 3.63) is 89.7 Å². The molecule has 0 aliphatic heterocycles. The van der Waals surface area contributed by atoms with Crippen LogP contribution in [0.15, 0.2) is 72.8 Å². The quantitative estimate of drug-likeness (QED) is 0.542. The highest BCUT2D eigenvalue weighted by Crippen LogP contribution is 2.34. The van der Waals surface area contributed by atoms with Crippen LogP contribution in [0.1, 0.15) is 55.6 Å². The van der Waals surface area contributed by atoms with Gasteiger partial charge in [-0.25, -0.2) is 0 Å². The lowest BCUT2D eigenvalue weighted by atomic mass is 9.91. The van der Waals surface area contributed by atoms with E-state index >= 15 is 0 Å². The molecule has 0 saturated heterocycles. The highest BCUT2D eigenvalue weighted by atomic mass is 31.1. The summed E-state index contributed by atoms with van der Waals surface area (Å²) in [6.45, 7) is 5.48. The zero-order valence-corrected chi connectivity index (χ0v) is 18.4. The minimum atomic E-state index is -0.345. The molecule has 0 radical (unpaired) electrons. The molecular formula is C26H31N2P. The molecule has 4 rings (SSSR count). The summed E-state index contributed by atoms with van der Waals surface area (Å²) in [5, 5.41) is 6.78. The molecule has 2 aromatic carbocycles. The number of nitrogens with one attached hydrogen (secondary N) is 1. The first-order chi connectivity index (χ1) is 14.2. The SMILES string of the molecule is CC(C)c1ccc2c(n1)C(NCCP(c1ccccc1)c1ccccc1)CCC2. The van der Waals surface area contributed by atoms with Crippen LogP contribution in [0.3, 0.4) is 0 Å². The highest BCUT2D eigenvalue weighted by Gasteiger charge is 2.23. The van der Waals surface area contributed by atoms with Crippen LogP contribution in [0.25, 0.3) is 0 Å². The first kappa shape index (κ1) is 20.3. The van der Waals surface area contributed by atoms with Crippen LogP contribution in [0, 0.1) is 0 Å². The van der Waals surface area contributed by atoms with E-state index in [0.29, 0.717) is 12.0 Å². The van der Waals surface area contributed by atoms with Gasteiger partial charge in [0.15, 0.2) is 0 Å². The summed E-state index contributed by atoms with van der Waals surface area (Å²) in [6, 6.07) is 26.9. The Bertz CT molecular complexity index is 869. The molecule has 1 atom stereocenters. The third-order valence-electron chi connectivity index (χ3n) is 5.76. The predicted octanol–water partition coefficient (Wildman–Crippen LogP) is 5.30. The average Bonchev–Trinajstić information content (AvgIpc) is 2.77. The van der Waals surface area contributed by atoms with E-state index in [0.717, 1.165) is 12.7 Å². The van der Waals surface area contributed by atoms with Crippen molar-refractivity contribution in [2.45, 2.75) is 45.1 Å². The number of fused-ring (bicyclic) bond motifs is 1. The van der Waals surface area contributed by atoms with Gasteiger partial charge in [0, 0.05) is 18.3 Å². The van der Waals surface area contributed by atoms with Gasteiger partial charge in [0.1, 0.15) is 0 Å². The number of aryl methyl sites for hydroxylation is 1. The molecule has 0 fully saturated rings. The molecular weight excluding hydrogens is 371 g/mol. The molecule has 29 heavy (non-hydrogen) atoms. The Morgan fingerprint density at radius 1 is 0.931 bits per heavy atom. The molecule has 0 amide bonds. The predicted molar refractivity (Wildman–Crippen MR) is 126 cm³/mol. The van der Waals surface area contributed by atoms with E-state index in [-0.39, 0.29) is 7.92 Å². The summed E-state index contributed by atoms with van der Waals surface area (Å²) in [5.74, 6) is 0.479. The number of rotatable bonds is 7. The number of nitrogens with zero attached hydrogens (tertiary/aromatic N) is 1. The summed E-state index contributed by atoms with van der Waals surface area (Å²) in [5.41, 5.74) is 3.95. The van der Waals surface area contributed by atoms with Crippen LogP contribution in [-0.2, 0) is 6.42 Å². The molecule has 0 spiro atoms. The van der Waals surface area contributed by atoms with Gasteiger partial charge in [-0.2, -0.15) is 0 Å². The topological polar surface area (TPSA) is 24.9 Å². The maximum atomic E-state index is 5.05. The van der Waals surface area contributed by atoms with Crippen molar-refractivity contribution in [1.29, 1.82) is 0 Å². The van der Waals surface area contributed by atoms with Gasteiger partial charge in [0.05, 0.1) is 5.69 Å². The van der Waals surface area contributed by atoms with Crippen LogP contribution < -0.4 is 15.9 Å². The van der Waals surface area contributed by atoms with Gasteiger partial charge in [-0.15, -0.1) is 0 Å². The maximum absolute atomic E-state index is 5.05. The molecule has 3 heteroatoms. The summed E-state index contributed by atoms with van der Waals surface area (Å²) in [6.07, 6.45) is 4.76. The maximum Gasteiger partial charge on any atom is 0.0608 e. The third-order valence-corrected chi connectivity index (χ3v) is 8.27. The van der Waals surface area contributed by atoms with E-state index in [1.165, 1.54) is 46.8 Å². The molecule has 3 aromatic rings. The Morgan fingerprint density at radius 3 is 2.21 bits per heavy atom. The number of benzene rings is 2. The molecule has 2 nitrogen and oxygen atoms in total. The Morgan fingerprint density at radius 2 is 1.59 bits per heavy atom. The fraction of sp³-hybridized carbons (Fsp3) is 0.346. The van der Waals surface area contributed by atoms with Crippen molar-refractivity contribution in [2.75, 3.05) is 12.7 Å². The smallest absolute Gasteiger partial charge is 0.0608 e. The Labute approximate surface area is 176 Å². The lowest BCUT2D eigenvalue weighted by Crippen LogP contribution is -2.30. The zero-order valence-electron chi connectivity index (χ0n) is 17.5. The minimum absolute atomic E-state index is 0.345. The fourth-order valence-electron chi connectivity index (χ4n) is 4.16. The summed E-state index contributed by atoms with van der Waals surface area (Å²) >= 11 is 0. The highest BCUT2D eigenvalue weighted by molar-refractivity contribution is 7.73. The standard InChI is InChI=1S/C26H31N2P/c1-20(2)24-17-16-21-10-9-15-25(26(21)28-24)27-18-19-29(22-11-5-3-6-12-22)23-13-7-4-8-14-23/h3-8,11-14,16-17,20,25,27H,9-10,15,18-19H2,1-2H3. The van der Waals surface area contributed by atoms with Crippen molar-refractivity contribution < 1.29 is 0 Å². The van der Waals surface area contributed by atoms with Crippen molar-refractivity contribution in [2.24, 2.45) is 0 Å². The van der Waals surface area contributed by atoms with Crippen LogP contribution in [0.4, 0.5) is 0 Å². The Kier molecular flexibility index (Phi) is 6.74. The van der Waals surface area contributed by atoms with E-state index in [1.54, 1.807) is 0 Å². The molecule has 1 aromatic heterocycles. The Hall–Kier alpha value is -2.02. The van der Waals surface area contributed by atoms with Gasteiger partial charge in [0.25, 0.3) is 0 Å². The molecule has 0 bridgehead atoms. The normalized spacial score (nSPS) is 16.2. The van der Waals surface area contributed by atoms with E-state index < -0.39 is 0 Å². The number of aromatic nitrogens is 1. The second-order valence-electron chi connectivity index (χ2n) is 8.16. The fourth-order valence-corrected chi connectivity index (χ4v) is 6.39. The van der Waals surface area contributed by atoms with Crippen molar-refractivity contribution >= 4 is 18.5 Å². The van der Waals surface area contributed by atoms with E-state index in [1.807, 2.05) is 0 Å². The molecule has 1 aliphatic rings. The van der Waals surface area contributed by atoms with Gasteiger partial charge in [0.2, 0.25) is 0 Å². The van der Waals surface area contributed by atoms with Gasteiger partial charge in [-0.05, 0) is 61.5 Å². The van der Waals surface area contributed by atoms with Gasteiger partial charge in [-0.1, -0.05) is 80.6 Å². The molecule has 0 saturated carbocycles. The Balaban J connectivity index is 1.48. The molecule has 1 aliphatic carbocycles. The number of pyridine rings is 1. The summed E-state index contributed by atoms with van der Waals surface area (Å²) in [4.78, 5) is 5.05. The minimum Gasteiger partial charge on any atom is -0.308 e. The second-order valence-corrected chi connectivity index (χ2v) is 10.5. The van der Waals surface area contributed by atoms with Crippen LogP contribution in [0.2, 0.25) is 0 Å². The summed E-state index contributed by atoms with van der Waals surface area (Å²) < 4.78 is 0. The van der Waals surface area contributed by atoms with E-state index in [4.69, 9.17) is 4.98 Å². The molecule has 150 valence electrons. The van der Waals surface area contributed by atoms with Crippen molar-refractivity contribution in [1.82, 2.24) is 10.3 Å². The molecule has 1 N–H and O–H groups in total. The second kappa shape index (κ2) is 9.65. The van der Waals surface area contributed by atoms with Gasteiger partial charge < -0.3 is 5.32 Å². The van der Waals surface area contributed by atoms with Crippen molar-refractivity contribution in [3.8, 4) is 0 Å². The number of hydrogen-bond acceptors (Lipinski definition) is 2. The molecule has 1 heterocycles. The largest absolute Gasteiger partial charge is 0.308 e. The van der Waals surface area contributed by atoms with E-state index in [9.17, 15) is 0 Å². The lowest BCUT2D eigenvalue weighted by molar-refractivity contribution is 0.458. The molecule has 1 unspecified atom stereocenters. The first-order valence-electron chi connectivity index (χ1n) is 10.8. The number of hydrogen-bond donors (Lipinski definition) is 1. The zero-order chi connectivity index (χ0) is 20.1. The average molecular weight is 403 g/mol. The first-order valence-corrected chi connectivity index (χ1v) is 12.4.